The molecule has 1 saturated carbocycles. The van der Waals surface area contributed by atoms with E-state index in [2.05, 4.69) is 12.2 Å². The van der Waals surface area contributed by atoms with Crippen LogP contribution < -0.4 is 5.32 Å². The van der Waals surface area contributed by atoms with E-state index in [1.54, 1.807) is 7.05 Å². The number of nitrogens with one attached hydrogen (secondary N) is 1. The standard InChI is InChI=1S/C14H24N2O2/c1-10(11-7-5-3-4-6-8-11)15-12-9-13(17)16(2)14(12)18/h10-12,15H,3-9H2,1-2H3/t10-,12?/m1/s1. The van der Waals surface area contributed by atoms with Gasteiger partial charge in [0.15, 0.2) is 0 Å². The molecular formula is C14H24N2O2. The van der Waals surface area contributed by atoms with Crippen LogP contribution in [-0.4, -0.2) is 35.8 Å². The lowest BCUT2D eigenvalue weighted by molar-refractivity contribution is -0.137. The summed E-state index contributed by atoms with van der Waals surface area (Å²) in [5, 5.41) is 3.37. The van der Waals surface area contributed by atoms with Gasteiger partial charge in [-0.05, 0) is 25.7 Å². The average molecular weight is 252 g/mol. The fraction of sp³-hybridized carbons (Fsp3) is 0.857. The van der Waals surface area contributed by atoms with Crippen LogP contribution in [0.1, 0.15) is 51.9 Å². The molecule has 4 nitrogen and oxygen atoms in total. The van der Waals surface area contributed by atoms with Crippen molar-refractivity contribution in [2.45, 2.75) is 64.0 Å². The molecule has 2 amide bonds. The number of likely N-dealkylation sites (tertiary alicyclic amines) is 1. The van der Waals surface area contributed by atoms with E-state index < -0.39 is 0 Å². The van der Waals surface area contributed by atoms with E-state index in [1.165, 1.54) is 43.4 Å². The van der Waals surface area contributed by atoms with Gasteiger partial charge >= 0.3 is 0 Å². The zero-order valence-electron chi connectivity index (χ0n) is 11.4. The second kappa shape index (κ2) is 5.83. The maximum absolute atomic E-state index is 11.8. The Morgan fingerprint density at radius 2 is 1.78 bits per heavy atom. The van der Waals surface area contributed by atoms with Crippen LogP contribution in [-0.2, 0) is 9.59 Å². The van der Waals surface area contributed by atoms with Crippen LogP contribution in [0.4, 0.5) is 0 Å². The van der Waals surface area contributed by atoms with Gasteiger partial charge < -0.3 is 5.32 Å². The van der Waals surface area contributed by atoms with Gasteiger partial charge in [0.25, 0.3) is 0 Å². The van der Waals surface area contributed by atoms with Gasteiger partial charge in [-0.25, -0.2) is 0 Å². The maximum Gasteiger partial charge on any atom is 0.246 e. The molecule has 0 aromatic carbocycles. The molecule has 18 heavy (non-hydrogen) atoms. The first-order valence-corrected chi connectivity index (χ1v) is 7.16. The highest BCUT2D eigenvalue weighted by atomic mass is 16.2. The Morgan fingerprint density at radius 1 is 1.17 bits per heavy atom. The summed E-state index contributed by atoms with van der Waals surface area (Å²) in [6.07, 6.45) is 8.10. The van der Waals surface area contributed by atoms with E-state index in [-0.39, 0.29) is 17.9 Å². The van der Waals surface area contributed by atoms with Crippen molar-refractivity contribution in [1.82, 2.24) is 10.2 Å². The monoisotopic (exact) mass is 252 g/mol. The summed E-state index contributed by atoms with van der Waals surface area (Å²) in [4.78, 5) is 24.6. The molecule has 1 aliphatic carbocycles. The number of carbonyl (C=O) groups is 2. The summed E-state index contributed by atoms with van der Waals surface area (Å²) >= 11 is 0. The zero-order valence-corrected chi connectivity index (χ0v) is 11.4. The molecule has 1 unspecified atom stereocenters. The largest absolute Gasteiger partial charge is 0.303 e. The average Bonchev–Trinajstić information content (AvgIpc) is 2.59. The van der Waals surface area contributed by atoms with Gasteiger partial charge in [-0.15, -0.1) is 0 Å². The molecule has 2 fully saturated rings. The van der Waals surface area contributed by atoms with Crippen molar-refractivity contribution in [3.8, 4) is 0 Å². The number of hydrogen-bond donors (Lipinski definition) is 1. The zero-order chi connectivity index (χ0) is 13.1. The summed E-state index contributed by atoms with van der Waals surface area (Å²) in [6, 6.07) is 0.0390. The van der Waals surface area contributed by atoms with E-state index >= 15 is 0 Å². The number of likely N-dealkylation sites (N-methyl/N-ethyl adjacent to an activating group) is 1. The number of rotatable bonds is 3. The van der Waals surface area contributed by atoms with Crippen LogP contribution in [0, 0.1) is 5.92 Å². The first kappa shape index (κ1) is 13.5. The molecule has 0 aromatic rings. The molecule has 4 heteroatoms. The Labute approximate surface area is 109 Å². The third-order valence-electron chi connectivity index (χ3n) is 4.45. The molecule has 2 atom stereocenters. The minimum absolute atomic E-state index is 0.0643. The van der Waals surface area contributed by atoms with E-state index in [1.807, 2.05) is 0 Å². The lowest BCUT2D eigenvalue weighted by Crippen LogP contribution is -2.44. The van der Waals surface area contributed by atoms with Crippen molar-refractivity contribution in [3.05, 3.63) is 0 Å². The quantitative estimate of drug-likeness (QED) is 0.614. The van der Waals surface area contributed by atoms with Crippen LogP contribution in [0.25, 0.3) is 0 Å². The van der Waals surface area contributed by atoms with E-state index in [0.717, 1.165) is 0 Å². The van der Waals surface area contributed by atoms with Crippen molar-refractivity contribution < 1.29 is 9.59 Å². The van der Waals surface area contributed by atoms with E-state index in [4.69, 9.17) is 0 Å². The number of nitrogens with zero attached hydrogens (tertiary/aromatic N) is 1. The van der Waals surface area contributed by atoms with Crippen molar-refractivity contribution in [1.29, 1.82) is 0 Å². The number of hydrogen-bond acceptors (Lipinski definition) is 3. The molecule has 0 aromatic heterocycles. The van der Waals surface area contributed by atoms with Crippen LogP contribution in [0.5, 0.6) is 0 Å². The molecule has 2 rings (SSSR count). The van der Waals surface area contributed by atoms with Gasteiger partial charge in [-0.3, -0.25) is 14.5 Å². The normalized spacial score (nSPS) is 28.6. The van der Waals surface area contributed by atoms with Gasteiger partial charge in [0.05, 0.1) is 12.5 Å². The summed E-state index contributed by atoms with van der Waals surface area (Å²) in [5.41, 5.74) is 0. The van der Waals surface area contributed by atoms with Gasteiger partial charge in [0.1, 0.15) is 0 Å². The van der Waals surface area contributed by atoms with Crippen molar-refractivity contribution in [3.63, 3.8) is 0 Å². The SMILES string of the molecule is C[C@@H](NC1CC(=O)N(C)C1=O)C1CCCCCC1. The Kier molecular flexibility index (Phi) is 4.38. The molecule has 0 bridgehead atoms. The van der Waals surface area contributed by atoms with Crippen molar-refractivity contribution in [2.75, 3.05) is 7.05 Å². The Morgan fingerprint density at radius 3 is 2.28 bits per heavy atom. The lowest BCUT2D eigenvalue weighted by atomic mass is 9.92. The summed E-state index contributed by atoms with van der Waals surface area (Å²) in [6.45, 7) is 2.16. The Bertz CT molecular complexity index is 322. The third kappa shape index (κ3) is 2.91. The molecule has 0 radical (unpaired) electrons. The predicted octanol–water partition coefficient (Wildman–Crippen LogP) is 1.69. The van der Waals surface area contributed by atoms with Crippen molar-refractivity contribution >= 4 is 11.8 Å². The van der Waals surface area contributed by atoms with Crippen LogP contribution >= 0.6 is 0 Å². The molecule has 1 aliphatic heterocycles. The van der Waals surface area contributed by atoms with Crippen LogP contribution in [0.15, 0.2) is 0 Å². The Balaban J connectivity index is 1.88. The first-order chi connectivity index (χ1) is 8.59. The molecule has 1 heterocycles. The second-order valence-electron chi connectivity index (χ2n) is 5.75. The molecule has 0 spiro atoms. The second-order valence-corrected chi connectivity index (χ2v) is 5.75. The summed E-state index contributed by atoms with van der Waals surface area (Å²) in [7, 11) is 1.57. The fourth-order valence-electron chi connectivity index (χ4n) is 3.15. The third-order valence-corrected chi connectivity index (χ3v) is 4.45. The summed E-state index contributed by atoms with van der Waals surface area (Å²) < 4.78 is 0. The molecule has 1 saturated heterocycles. The number of imide groups is 1. The van der Waals surface area contributed by atoms with Gasteiger partial charge in [0.2, 0.25) is 11.8 Å². The highest BCUT2D eigenvalue weighted by Crippen LogP contribution is 2.26. The molecule has 2 aliphatic rings. The first-order valence-electron chi connectivity index (χ1n) is 7.16. The Hall–Kier alpha value is -0.900. The minimum atomic E-state index is -0.291. The highest BCUT2D eigenvalue weighted by Gasteiger charge is 2.37. The summed E-state index contributed by atoms with van der Waals surface area (Å²) in [5.74, 6) is 0.521. The van der Waals surface area contributed by atoms with Crippen LogP contribution in [0.2, 0.25) is 0 Å². The van der Waals surface area contributed by atoms with Gasteiger partial charge in [-0.2, -0.15) is 0 Å². The smallest absolute Gasteiger partial charge is 0.246 e. The number of carbonyl (C=O) groups excluding carboxylic acids is 2. The molecular weight excluding hydrogens is 228 g/mol. The van der Waals surface area contributed by atoms with Gasteiger partial charge in [-0.1, -0.05) is 25.7 Å². The highest BCUT2D eigenvalue weighted by molar-refractivity contribution is 6.05. The predicted molar refractivity (Wildman–Crippen MR) is 70.0 cm³/mol. The minimum Gasteiger partial charge on any atom is -0.303 e. The van der Waals surface area contributed by atoms with Crippen molar-refractivity contribution in [2.24, 2.45) is 5.92 Å². The number of amides is 2. The molecule has 1 N–H and O–H groups in total. The fourth-order valence-corrected chi connectivity index (χ4v) is 3.15. The molecule has 102 valence electrons. The lowest BCUT2D eigenvalue weighted by Gasteiger charge is -2.25. The van der Waals surface area contributed by atoms with Gasteiger partial charge in [0, 0.05) is 13.1 Å². The van der Waals surface area contributed by atoms with E-state index in [9.17, 15) is 9.59 Å². The topological polar surface area (TPSA) is 49.4 Å². The van der Waals surface area contributed by atoms with E-state index in [0.29, 0.717) is 18.4 Å². The maximum atomic E-state index is 11.8. The van der Waals surface area contributed by atoms with Crippen LogP contribution in [0.3, 0.4) is 0 Å².